The van der Waals surface area contributed by atoms with Gasteiger partial charge in [0.1, 0.15) is 18.0 Å². The van der Waals surface area contributed by atoms with Crippen LogP contribution in [0, 0.1) is 6.92 Å². The van der Waals surface area contributed by atoms with Crippen LogP contribution in [0.15, 0.2) is 30.6 Å². The predicted octanol–water partition coefficient (Wildman–Crippen LogP) is 3.70. The highest BCUT2D eigenvalue weighted by Gasteiger charge is 2.23. The second-order valence-corrected chi connectivity index (χ2v) is 8.79. The molecule has 4 heterocycles. The molecule has 1 aliphatic carbocycles. The molecule has 32 heavy (non-hydrogen) atoms. The lowest BCUT2D eigenvalue weighted by Crippen LogP contribution is -2.36. The summed E-state index contributed by atoms with van der Waals surface area (Å²) in [7, 11) is 4.31. The summed E-state index contributed by atoms with van der Waals surface area (Å²) in [5, 5.41) is 8.18. The van der Waals surface area contributed by atoms with Gasteiger partial charge in [0.15, 0.2) is 5.65 Å². The number of rotatable bonds is 6. The molecule has 1 saturated carbocycles. The number of anilines is 1. The van der Waals surface area contributed by atoms with Crippen LogP contribution in [0.1, 0.15) is 31.5 Å². The third-order valence-electron chi connectivity index (χ3n) is 6.54. The molecule has 0 radical (unpaired) electrons. The van der Waals surface area contributed by atoms with Crippen molar-refractivity contribution >= 4 is 22.6 Å². The van der Waals surface area contributed by atoms with Gasteiger partial charge < -0.3 is 14.8 Å². The predicted molar refractivity (Wildman–Crippen MR) is 124 cm³/mol. The van der Waals surface area contributed by atoms with Gasteiger partial charge in [0.25, 0.3) is 0 Å². The zero-order valence-corrected chi connectivity index (χ0v) is 18.8. The van der Waals surface area contributed by atoms with Crippen LogP contribution in [0.2, 0.25) is 0 Å². The molecular weight excluding hydrogens is 407 g/mol. The van der Waals surface area contributed by atoms with Crippen LogP contribution in [0.3, 0.4) is 0 Å². The number of aryl methyl sites for hydroxylation is 2. The summed E-state index contributed by atoms with van der Waals surface area (Å²) in [4.78, 5) is 16.2. The molecule has 168 valence electrons. The molecule has 0 bridgehead atoms. The Hall–Kier alpha value is -3.07. The van der Waals surface area contributed by atoms with Crippen LogP contribution in [0.25, 0.3) is 27.9 Å². The Balaban J connectivity index is 1.39. The third-order valence-corrected chi connectivity index (χ3v) is 6.54. The summed E-state index contributed by atoms with van der Waals surface area (Å²) < 4.78 is 16.7. The van der Waals surface area contributed by atoms with Crippen LogP contribution in [-0.2, 0) is 6.54 Å². The van der Waals surface area contributed by atoms with Crippen molar-refractivity contribution in [2.24, 2.45) is 0 Å². The molecule has 0 aliphatic heterocycles. The minimum absolute atomic E-state index is 0.254. The van der Waals surface area contributed by atoms with Crippen molar-refractivity contribution in [2.75, 3.05) is 26.1 Å². The Morgan fingerprint density at radius 3 is 2.69 bits per heavy atom. The van der Waals surface area contributed by atoms with E-state index in [2.05, 4.69) is 39.4 Å². The smallest absolute Gasteiger partial charge is 0.241 e. The van der Waals surface area contributed by atoms with Crippen molar-refractivity contribution in [3.8, 4) is 11.3 Å². The van der Waals surface area contributed by atoms with Crippen molar-refractivity contribution < 1.29 is 4.39 Å². The molecule has 0 amide bonds. The van der Waals surface area contributed by atoms with Gasteiger partial charge in [-0.05, 0) is 64.9 Å². The van der Waals surface area contributed by atoms with E-state index in [9.17, 15) is 4.39 Å². The first-order valence-corrected chi connectivity index (χ1v) is 11.2. The lowest BCUT2D eigenvalue weighted by atomic mass is 9.91. The largest absolute Gasteiger partial charge is 0.350 e. The minimum Gasteiger partial charge on any atom is -0.350 e. The van der Waals surface area contributed by atoms with E-state index >= 15 is 0 Å². The highest BCUT2D eigenvalue weighted by molar-refractivity contribution is 5.82. The first kappa shape index (κ1) is 20.8. The van der Waals surface area contributed by atoms with E-state index in [1.165, 1.54) is 12.8 Å². The molecule has 8 nitrogen and oxygen atoms in total. The van der Waals surface area contributed by atoms with E-state index in [0.717, 1.165) is 41.0 Å². The number of aromatic nitrogens is 6. The molecule has 0 spiro atoms. The van der Waals surface area contributed by atoms with E-state index in [0.29, 0.717) is 23.7 Å². The average Bonchev–Trinajstić information content (AvgIpc) is 3.34. The van der Waals surface area contributed by atoms with Gasteiger partial charge in [0.05, 0.1) is 24.0 Å². The zero-order valence-electron chi connectivity index (χ0n) is 18.8. The lowest BCUT2D eigenvalue weighted by molar-refractivity contribution is 0.221. The maximum absolute atomic E-state index is 13.0. The fraction of sp³-hybridized carbons (Fsp3) is 0.478. The Morgan fingerprint density at radius 2 is 1.94 bits per heavy atom. The number of nitrogens with one attached hydrogen (secondary N) is 1. The summed E-state index contributed by atoms with van der Waals surface area (Å²) in [5.74, 6) is 1.41. The second kappa shape index (κ2) is 8.46. The molecule has 5 rings (SSSR count). The first-order chi connectivity index (χ1) is 15.5. The zero-order chi connectivity index (χ0) is 22.2. The van der Waals surface area contributed by atoms with E-state index in [1.807, 2.05) is 46.6 Å². The quantitative estimate of drug-likeness (QED) is 0.497. The fourth-order valence-electron chi connectivity index (χ4n) is 4.72. The molecule has 1 aliphatic rings. The Bertz CT molecular complexity index is 1240. The summed E-state index contributed by atoms with van der Waals surface area (Å²) in [6.07, 6.45) is 8.39. The molecule has 0 aromatic carbocycles. The molecule has 1 N–H and O–H groups in total. The van der Waals surface area contributed by atoms with E-state index < -0.39 is 6.67 Å². The number of halogens is 1. The molecule has 4 aromatic rings. The Morgan fingerprint density at radius 1 is 1.12 bits per heavy atom. The number of pyridine rings is 1. The minimum atomic E-state index is -0.451. The number of hydrogen-bond donors (Lipinski definition) is 1. The van der Waals surface area contributed by atoms with Gasteiger partial charge in [-0.2, -0.15) is 0 Å². The summed E-state index contributed by atoms with van der Waals surface area (Å²) in [6, 6.07) is 6.94. The Labute approximate surface area is 186 Å². The van der Waals surface area contributed by atoms with Crippen molar-refractivity contribution in [1.29, 1.82) is 0 Å². The van der Waals surface area contributed by atoms with Gasteiger partial charge >= 0.3 is 0 Å². The van der Waals surface area contributed by atoms with Gasteiger partial charge in [-0.25, -0.2) is 23.9 Å². The average molecular weight is 437 g/mol. The number of fused-ring (bicyclic) bond motifs is 2. The molecular formula is C23H29FN8. The number of hydrogen-bond acceptors (Lipinski definition) is 6. The topological polar surface area (TPSA) is 76.2 Å². The molecule has 1 fully saturated rings. The number of nitrogens with zero attached hydrogens (tertiary/aromatic N) is 7. The van der Waals surface area contributed by atoms with Gasteiger partial charge in [0, 0.05) is 23.8 Å². The standard InChI is InChI=1S/C23H29FN8/c1-15-26-20-9-8-19(28-22(20)31(15)13-11-24)18-10-12-32-21(18)14-25-23(29-32)27-16-4-6-17(7-5-16)30(2)3/h8-10,12,14,16-17H,4-7,11,13H2,1-3H3,(H,27,29)/t16-,17-. The van der Waals surface area contributed by atoms with Gasteiger partial charge in [-0.3, -0.25) is 0 Å². The van der Waals surface area contributed by atoms with Crippen molar-refractivity contribution in [3.63, 3.8) is 0 Å². The number of alkyl halides is 1. The first-order valence-electron chi connectivity index (χ1n) is 11.2. The summed E-state index contributed by atoms with van der Waals surface area (Å²) >= 11 is 0. The fourth-order valence-corrected chi connectivity index (χ4v) is 4.72. The van der Waals surface area contributed by atoms with Crippen LogP contribution in [0.4, 0.5) is 10.3 Å². The van der Waals surface area contributed by atoms with Crippen LogP contribution in [-0.4, -0.2) is 66.9 Å². The van der Waals surface area contributed by atoms with Gasteiger partial charge in [-0.15, -0.1) is 5.10 Å². The molecule has 0 atom stereocenters. The third kappa shape index (κ3) is 3.81. The van der Waals surface area contributed by atoms with Gasteiger partial charge in [-0.1, -0.05) is 0 Å². The maximum Gasteiger partial charge on any atom is 0.241 e. The maximum atomic E-state index is 13.0. The van der Waals surface area contributed by atoms with E-state index in [1.54, 1.807) is 0 Å². The van der Waals surface area contributed by atoms with E-state index in [4.69, 9.17) is 4.98 Å². The lowest BCUT2D eigenvalue weighted by Gasteiger charge is -2.32. The second-order valence-electron chi connectivity index (χ2n) is 8.79. The Kier molecular flexibility index (Phi) is 5.50. The number of imidazole rings is 1. The van der Waals surface area contributed by atoms with E-state index in [-0.39, 0.29) is 6.54 Å². The molecule has 4 aromatic heterocycles. The van der Waals surface area contributed by atoms with Crippen molar-refractivity contribution in [2.45, 2.75) is 51.2 Å². The van der Waals surface area contributed by atoms with Crippen LogP contribution < -0.4 is 5.32 Å². The van der Waals surface area contributed by atoms with Crippen LogP contribution >= 0.6 is 0 Å². The summed E-state index contributed by atoms with van der Waals surface area (Å²) in [6.45, 7) is 1.68. The molecule has 9 heteroatoms. The SMILES string of the molecule is Cc1nc2ccc(-c3ccn4nc(N[C@H]5CC[C@H](N(C)C)CC5)ncc34)nc2n1CCF. The normalized spacial score (nSPS) is 19.3. The molecule has 0 unspecified atom stereocenters. The van der Waals surface area contributed by atoms with Crippen molar-refractivity contribution in [3.05, 3.63) is 36.4 Å². The monoisotopic (exact) mass is 436 g/mol. The molecule has 0 saturated heterocycles. The van der Waals surface area contributed by atoms with Crippen molar-refractivity contribution in [1.82, 2.24) is 34.0 Å². The highest BCUT2D eigenvalue weighted by atomic mass is 19.1. The summed E-state index contributed by atoms with van der Waals surface area (Å²) in [5.41, 5.74) is 4.09. The highest BCUT2D eigenvalue weighted by Crippen LogP contribution is 2.27. The van der Waals surface area contributed by atoms with Crippen LogP contribution in [0.5, 0.6) is 0 Å². The van der Waals surface area contributed by atoms with Gasteiger partial charge in [0.2, 0.25) is 5.95 Å².